The SMILES string of the molecule is CCn1c(C)cc(=O)c2cc(C(=O)Nc3nc(C)cs3)ccc21. The second-order valence-electron chi connectivity index (χ2n) is 5.37. The van der Waals surface area contributed by atoms with Gasteiger partial charge in [0, 0.05) is 34.6 Å². The minimum absolute atomic E-state index is 0.0676. The Hall–Kier alpha value is -2.47. The van der Waals surface area contributed by atoms with Crippen molar-refractivity contribution in [3.63, 3.8) is 0 Å². The summed E-state index contributed by atoms with van der Waals surface area (Å²) in [4.78, 5) is 28.8. The molecule has 0 aliphatic carbocycles. The van der Waals surface area contributed by atoms with Crippen molar-refractivity contribution in [3.8, 4) is 0 Å². The van der Waals surface area contributed by atoms with E-state index in [0.717, 1.165) is 23.4 Å². The molecule has 0 aliphatic rings. The number of pyridine rings is 1. The van der Waals surface area contributed by atoms with E-state index in [1.807, 2.05) is 32.2 Å². The molecule has 3 aromatic rings. The van der Waals surface area contributed by atoms with Gasteiger partial charge in [-0.3, -0.25) is 14.9 Å². The number of nitrogens with zero attached hydrogens (tertiary/aromatic N) is 2. The Labute approximate surface area is 137 Å². The third-order valence-electron chi connectivity index (χ3n) is 3.74. The molecule has 1 aromatic carbocycles. The number of carbonyl (C=O) groups excluding carboxylic acids is 1. The minimum Gasteiger partial charge on any atom is -0.345 e. The second-order valence-corrected chi connectivity index (χ2v) is 6.23. The molecule has 2 aromatic heterocycles. The highest BCUT2D eigenvalue weighted by Gasteiger charge is 2.12. The average molecular weight is 327 g/mol. The predicted molar refractivity (Wildman–Crippen MR) is 93.4 cm³/mol. The first kappa shape index (κ1) is 15.4. The van der Waals surface area contributed by atoms with Gasteiger partial charge in [0.25, 0.3) is 5.91 Å². The molecule has 118 valence electrons. The fraction of sp³-hybridized carbons (Fsp3) is 0.235. The summed E-state index contributed by atoms with van der Waals surface area (Å²) in [5.41, 5.74) is 3.01. The quantitative estimate of drug-likeness (QED) is 0.802. The molecule has 3 rings (SSSR count). The number of carbonyl (C=O) groups is 1. The van der Waals surface area contributed by atoms with Crippen LogP contribution in [-0.2, 0) is 6.54 Å². The fourth-order valence-corrected chi connectivity index (χ4v) is 3.33. The van der Waals surface area contributed by atoms with Gasteiger partial charge in [0.15, 0.2) is 10.6 Å². The molecule has 6 heteroatoms. The largest absolute Gasteiger partial charge is 0.345 e. The van der Waals surface area contributed by atoms with Crippen molar-refractivity contribution >= 4 is 33.3 Å². The van der Waals surface area contributed by atoms with Crippen molar-refractivity contribution in [2.75, 3.05) is 5.32 Å². The van der Waals surface area contributed by atoms with Crippen LogP contribution in [0.15, 0.2) is 34.4 Å². The van der Waals surface area contributed by atoms with Crippen molar-refractivity contribution in [2.24, 2.45) is 0 Å². The molecule has 2 heterocycles. The number of rotatable bonds is 3. The number of hydrogen-bond donors (Lipinski definition) is 1. The van der Waals surface area contributed by atoms with Crippen molar-refractivity contribution in [3.05, 3.63) is 56.8 Å². The fourth-order valence-electron chi connectivity index (χ4n) is 2.65. The highest BCUT2D eigenvalue weighted by atomic mass is 32.1. The Morgan fingerprint density at radius 1 is 1.30 bits per heavy atom. The number of nitrogens with one attached hydrogen (secondary N) is 1. The van der Waals surface area contributed by atoms with Gasteiger partial charge in [-0.15, -0.1) is 11.3 Å². The lowest BCUT2D eigenvalue weighted by Gasteiger charge is -2.13. The molecule has 0 fully saturated rings. The molecular formula is C17H17N3O2S. The molecular weight excluding hydrogens is 310 g/mol. The Morgan fingerprint density at radius 2 is 2.09 bits per heavy atom. The summed E-state index contributed by atoms with van der Waals surface area (Å²) in [5, 5.41) is 5.75. The number of fused-ring (bicyclic) bond motifs is 1. The standard InChI is InChI=1S/C17H17N3O2S/c1-4-20-11(3)7-15(21)13-8-12(5-6-14(13)20)16(22)19-17-18-10(2)9-23-17/h5-9H,4H2,1-3H3,(H,18,19,22). The van der Waals surface area contributed by atoms with E-state index in [2.05, 4.69) is 14.9 Å². The Balaban J connectivity index is 2.03. The second kappa shape index (κ2) is 5.96. The van der Waals surface area contributed by atoms with E-state index < -0.39 is 0 Å². The van der Waals surface area contributed by atoms with E-state index >= 15 is 0 Å². The maximum Gasteiger partial charge on any atom is 0.257 e. The van der Waals surface area contributed by atoms with E-state index in [9.17, 15) is 9.59 Å². The predicted octanol–water partition coefficient (Wildman–Crippen LogP) is 3.35. The Kier molecular flexibility index (Phi) is 4.00. The molecule has 1 amide bonds. The normalized spacial score (nSPS) is 10.9. The third-order valence-corrected chi connectivity index (χ3v) is 4.61. The molecule has 0 bridgehead atoms. The number of amides is 1. The van der Waals surface area contributed by atoms with Crippen LogP contribution in [0.25, 0.3) is 10.9 Å². The zero-order valence-corrected chi connectivity index (χ0v) is 14.0. The maximum absolute atomic E-state index is 12.3. The number of benzene rings is 1. The molecule has 5 nitrogen and oxygen atoms in total. The molecule has 23 heavy (non-hydrogen) atoms. The zero-order valence-electron chi connectivity index (χ0n) is 13.2. The van der Waals surface area contributed by atoms with E-state index in [4.69, 9.17) is 0 Å². The molecule has 0 saturated carbocycles. The summed E-state index contributed by atoms with van der Waals surface area (Å²) in [6.45, 7) is 6.59. The number of thiazole rings is 1. The summed E-state index contributed by atoms with van der Waals surface area (Å²) in [6.07, 6.45) is 0. The number of hydrogen-bond acceptors (Lipinski definition) is 4. The molecule has 0 atom stereocenters. The van der Waals surface area contributed by atoms with Gasteiger partial charge in [-0.2, -0.15) is 0 Å². The summed E-state index contributed by atoms with van der Waals surface area (Å²) in [7, 11) is 0. The van der Waals surface area contributed by atoms with Crippen molar-refractivity contribution < 1.29 is 4.79 Å². The number of aromatic nitrogens is 2. The van der Waals surface area contributed by atoms with Crippen LogP contribution < -0.4 is 10.7 Å². The van der Waals surface area contributed by atoms with Crippen LogP contribution in [0.5, 0.6) is 0 Å². The number of aryl methyl sites for hydroxylation is 3. The highest BCUT2D eigenvalue weighted by Crippen LogP contribution is 2.18. The van der Waals surface area contributed by atoms with Gasteiger partial charge >= 0.3 is 0 Å². The van der Waals surface area contributed by atoms with Gasteiger partial charge in [0.1, 0.15) is 0 Å². The van der Waals surface area contributed by atoms with Crippen LogP contribution in [0.4, 0.5) is 5.13 Å². The Morgan fingerprint density at radius 3 is 2.74 bits per heavy atom. The van der Waals surface area contributed by atoms with Gasteiger partial charge in [-0.05, 0) is 39.0 Å². The van der Waals surface area contributed by atoms with Gasteiger partial charge < -0.3 is 4.57 Å². The first-order valence-corrected chi connectivity index (χ1v) is 8.25. The van der Waals surface area contributed by atoms with Crippen LogP contribution in [0, 0.1) is 13.8 Å². The van der Waals surface area contributed by atoms with E-state index in [1.54, 1.807) is 18.2 Å². The van der Waals surface area contributed by atoms with Crippen LogP contribution >= 0.6 is 11.3 Å². The van der Waals surface area contributed by atoms with Crippen LogP contribution in [-0.4, -0.2) is 15.5 Å². The van der Waals surface area contributed by atoms with Crippen molar-refractivity contribution in [1.29, 1.82) is 0 Å². The van der Waals surface area contributed by atoms with Gasteiger partial charge in [-0.25, -0.2) is 4.98 Å². The van der Waals surface area contributed by atoms with Gasteiger partial charge in [0.2, 0.25) is 0 Å². The average Bonchev–Trinajstić information content (AvgIpc) is 2.92. The molecule has 0 aliphatic heterocycles. The lowest BCUT2D eigenvalue weighted by atomic mass is 10.1. The molecule has 1 N–H and O–H groups in total. The van der Waals surface area contributed by atoms with Crippen molar-refractivity contribution in [1.82, 2.24) is 9.55 Å². The Bertz CT molecular complexity index is 956. The minimum atomic E-state index is -0.260. The smallest absolute Gasteiger partial charge is 0.257 e. The van der Waals surface area contributed by atoms with E-state index in [1.165, 1.54) is 11.3 Å². The summed E-state index contributed by atoms with van der Waals surface area (Å²) in [5.74, 6) is -0.260. The van der Waals surface area contributed by atoms with E-state index in [0.29, 0.717) is 16.1 Å². The van der Waals surface area contributed by atoms with E-state index in [-0.39, 0.29) is 11.3 Å². The lowest BCUT2D eigenvalue weighted by Crippen LogP contribution is -2.15. The summed E-state index contributed by atoms with van der Waals surface area (Å²) < 4.78 is 2.06. The molecule has 0 radical (unpaired) electrons. The topological polar surface area (TPSA) is 64.0 Å². The summed E-state index contributed by atoms with van der Waals surface area (Å²) >= 11 is 1.38. The van der Waals surface area contributed by atoms with Crippen LogP contribution in [0.2, 0.25) is 0 Å². The highest BCUT2D eigenvalue weighted by molar-refractivity contribution is 7.13. The molecule has 0 unspecified atom stereocenters. The van der Waals surface area contributed by atoms with Crippen LogP contribution in [0.1, 0.15) is 28.7 Å². The third kappa shape index (κ3) is 2.90. The molecule has 0 spiro atoms. The summed E-state index contributed by atoms with van der Waals surface area (Å²) in [6, 6.07) is 6.83. The first-order valence-electron chi connectivity index (χ1n) is 7.37. The lowest BCUT2D eigenvalue weighted by molar-refractivity contribution is 0.102. The first-order chi connectivity index (χ1) is 11.0. The van der Waals surface area contributed by atoms with Crippen molar-refractivity contribution in [2.45, 2.75) is 27.3 Å². The van der Waals surface area contributed by atoms with Gasteiger partial charge in [-0.1, -0.05) is 0 Å². The van der Waals surface area contributed by atoms with Crippen LogP contribution in [0.3, 0.4) is 0 Å². The van der Waals surface area contributed by atoms with Gasteiger partial charge in [0.05, 0.1) is 11.2 Å². The molecule has 0 saturated heterocycles. The monoisotopic (exact) mass is 327 g/mol. The number of anilines is 1. The maximum atomic E-state index is 12.3. The zero-order chi connectivity index (χ0) is 16.6.